The lowest BCUT2D eigenvalue weighted by Crippen LogP contribution is -2.26. The molecule has 0 spiro atoms. The maximum atomic E-state index is 6.18. The van der Waals surface area contributed by atoms with Crippen LogP contribution in [0.25, 0.3) is 0 Å². The molecule has 3 rings (SSSR count). The summed E-state index contributed by atoms with van der Waals surface area (Å²) in [5.74, 6) is 0.909. The van der Waals surface area contributed by atoms with E-state index in [1.54, 1.807) is 0 Å². The third kappa shape index (κ3) is 2.96. The molecule has 2 aromatic carbocycles. The van der Waals surface area contributed by atoms with E-state index >= 15 is 0 Å². The minimum atomic E-state index is 0.0491. The smallest absolute Gasteiger partial charge is 0.126 e. The van der Waals surface area contributed by atoms with E-state index in [1.165, 1.54) is 11.1 Å². The molecule has 2 unspecified atom stereocenters. The van der Waals surface area contributed by atoms with Gasteiger partial charge in [-0.25, -0.2) is 0 Å². The molecule has 2 atom stereocenters. The lowest BCUT2D eigenvalue weighted by molar-refractivity contribution is 0.154. The second-order valence-electron chi connectivity index (χ2n) is 5.37. The minimum absolute atomic E-state index is 0.0491. The molecule has 4 heteroatoms. The first-order valence-corrected chi connectivity index (χ1v) is 8.15. The molecule has 0 fully saturated rings. The third-order valence-electron chi connectivity index (χ3n) is 3.98. The summed E-state index contributed by atoms with van der Waals surface area (Å²) >= 11 is 9.70. The standard InChI is InChI=1S/C17H17BrClNO/c1-10-3-4-11(7-14(10)18)17-9-15(20-2)13-8-12(19)5-6-16(13)21-17/h3-8,15,17,20H,9H2,1-2H3. The molecule has 1 heterocycles. The summed E-state index contributed by atoms with van der Waals surface area (Å²) in [4.78, 5) is 0. The molecule has 0 saturated heterocycles. The predicted molar refractivity (Wildman–Crippen MR) is 90.1 cm³/mol. The lowest BCUT2D eigenvalue weighted by atomic mass is 9.93. The van der Waals surface area contributed by atoms with Gasteiger partial charge in [0, 0.05) is 27.5 Å². The summed E-state index contributed by atoms with van der Waals surface area (Å²) in [6, 6.07) is 12.5. The maximum absolute atomic E-state index is 6.18. The molecule has 1 aliphatic heterocycles. The topological polar surface area (TPSA) is 21.3 Å². The Labute approximate surface area is 138 Å². The van der Waals surface area contributed by atoms with Crippen LogP contribution < -0.4 is 10.1 Å². The van der Waals surface area contributed by atoms with Crippen LogP contribution in [-0.2, 0) is 0 Å². The first-order valence-electron chi connectivity index (χ1n) is 6.98. The van der Waals surface area contributed by atoms with E-state index in [9.17, 15) is 0 Å². The van der Waals surface area contributed by atoms with Gasteiger partial charge in [0.25, 0.3) is 0 Å². The van der Waals surface area contributed by atoms with E-state index in [-0.39, 0.29) is 12.1 Å². The van der Waals surface area contributed by atoms with Crippen molar-refractivity contribution >= 4 is 27.5 Å². The van der Waals surface area contributed by atoms with Gasteiger partial charge in [-0.3, -0.25) is 0 Å². The van der Waals surface area contributed by atoms with Crippen LogP contribution in [0.15, 0.2) is 40.9 Å². The third-order valence-corrected chi connectivity index (χ3v) is 5.07. The van der Waals surface area contributed by atoms with Crippen molar-refractivity contribution in [2.45, 2.75) is 25.5 Å². The van der Waals surface area contributed by atoms with Gasteiger partial charge in [0.05, 0.1) is 0 Å². The Morgan fingerprint density at radius 1 is 1.24 bits per heavy atom. The Hall–Kier alpha value is -1.03. The first kappa shape index (κ1) is 14.9. The largest absolute Gasteiger partial charge is 0.485 e. The Kier molecular flexibility index (Phi) is 4.25. The fourth-order valence-corrected chi connectivity index (χ4v) is 3.31. The van der Waals surface area contributed by atoms with Gasteiger partial charge in [-0.2, -0.15) is 0 Å². The molecular weight excluding hydrogens is 350 g/mol. The van der Waals surface area contributed by atoms with Gasteiger partial charge in [-0.05, 0) is 49.4 Å². The quantitative estimate of drug-likeness (QED) is 0.789. The van der Waals surface area contributed by atoms with Gasteiger partial charge in [0.15, 0.2) is 0 Å². The van der Waals surface area contributed by atoms with E-state index in [4.69, 9.17) is 16.3 Å². The van der Waals surface area contributed by atoms with Gasteiger partial charge >= 0.3 is 0 Å². The number of halogens is 2. The van der Waals surface area contributed by atoms with Crippen LogP contribution in [-0.4, -0.2) is 7.05 Å². The molecule has 1 aliphatic rings. The number of fused-ring (bicyclic) bond motifs is 1. The van der Waals surface area contributed by atoms with Crippen molar-refractivity contribution in [2.24, 2.45) is 0 Å². The molecule has 2 aromatic rings. The van der Waals surface area contributed by atoms with Gasteiger partial charge in [0.2, 0.25) is 0 Å². The number of hydrogen-bond acceptors (Lipinski definition) is 2. The molecule has 110 valence electrons. The van der Waals surface area contributed by atoms with E-state index in [1.807, 2.05) is 25.2 Å². The average molecular weight is 367 g/mol. The Morgan fingerprint density at radius 2 is 2.05 bits per heavy atom. The fourth-order valence-electron chi connectivity index (χ4n) is 2.73. The zero-order chi connectivity index (χ0) is 15.0. The summed E-state index contributed by atoms with van der Waals surface area (Å²) in [6.45, 7) is 2.09. The number of benzene rings is 2. The normalized spacial score (nSPS) is 20.8. The average Bonchev–Trinajstić information content (AvgIpc) is 2.49. The van der Waals surface area contributed by atoms with Crippen molar-refractivity contribution in [1.29, 1.82) is 0 Å². The van der Waals surface area contributed by atoms with Gasteiger partial charge in [-0.15, -0.1) is 0 Å². The van der Waals surface area contributed by atoms with Crippen LogP contribution in [0, 0.1) is 6.92 Å². The highest BCUT2D eigenvalue weighted by atomic mass is 79.9. The zero-order valence-electron chi connectivity index (χ0n) is 12.0. The summed E-state index contributed by atoms with van der Waals surface area (Å²) in [5.41, 5.74) is 3.55. The molecule has 0 radical (unpaired) electrons. The van der Waals surface area contributed by atoms with Crippen LogP contribution in [0.5, 0.6) is 5.75 Å². The SMILES string of the molecule is CNC1CC(c2ccc(C)c(Br)c2)Oc2ccc(Cl)cc21. The molecule has 0 aliphatic carbocycles. The fraction of sp³-hybridized carbons (Fsp3) is 0.294. The molecule has 1 N–H and O–H groups in total. The van der Waals surface area contributed by atoms with Crippen LogP contribution >= 0.6 is 27.5 Å². The van der Waals surface area contributed by atoms with E-state index in [0.717, 1.165) is 27.2 Å². The van der Waals surface area contributed by atoms with Crippen molar-refractivity contribution in [2.75, 3.05) is 7.05 Å². The maximum Gasteiger partial charge on any atom is 0.126 e. The molecule has 21 heavy (non-hydrogen) atoms. The van der Waals surface area contributed by atoms with Crippen molar-refractivity contribution in [3.05, 3.63) is 62.6 Å². The highest BCUT2D eigenvalue weighted by Crippen LogP contribution is 2.42. The van der Waals surface area contributed by atoms with Crippen LogP contribution in [0.3, 0.4) is 0 Å². The second-order valence-corrected chi connectivity index (χ2v) is 6.66. The second kappa shape index (κ2) is 5.99. The number of ether oxygens (including phenoxy) is 1. The monoisotopic (exact) mass is 365 g/mol. The molecule has 0 saturated carbocycles. The van der Waals surface area contributed by atoms with Gasteiger partial charge in [0.1, 0.15) is 11.9 Å². The van der Waals surface area contributed by atoms with Crippen molar-refractivity contribution in [3.63, 3.8) is 0 Å². The highest BCUT2D eigenvalue weighted by molar-refractivity contribution is 9.10. The molecule has 0 bridgehead atoms. The zero-order valence-corrected chi connectivity index (χ0v) is 14.3. The molecule has 0 amide bonds. The van der Waals surface area contributed by atoms with Crippen LogP contribution in [0.4, 0.5) is 0 Å². The number of nitrogens with one attached hydrogen (secondary N) is 1. The minimum Gasteiger partial charge on any atom is -0.485 e. The Morgan fingerprint density at radius 3 is 2.76 bits per heavy atom. The summed E-state index contributed by atoms with van der Waals surface area (Å²) < 4.78 is 7.30. The number of hydrogen-bond donors (Lipinski definition) is 1. The van der Waals surface area contributed by atoms with E-state index in [0.29, 0.717) is 0 Å². The lowest BCUT2D eigenvalue weighted by Gasteiger charge is -2.32. The predicted octanol–water partition coefficient (Wildman–Crippen LogP) is 5.20. The number of aryl methyl sites for hydroxylation is 1. The van der Waals surface area contributed by atoms with E-state index < -0.39 is 0 Å². The van der Waals surface area contributed by atoms with Gasteiger partial charge in [-0.1, -0.05) is 39.7 Å². The van der Waals surface area contributed by atoms with E-state index in [2.05, 4.69) is 46.4 Å². The number of rotatable bonds is 2. The first-order chi connectivity index (χ1) is 10.1. The van der Waals surface area contributed by atoms with Crippen molar-refractivity contribution in [3.8, 4) is 5.75 Å². The van der Waals surface area contributed by atoms with Crippen molar-refractivity contribution < 1.29 is 4.74 Å². The Balaban J connectivity index is 1.96. The van der Waals surface area contributed by atoms with Crippen LogP contribution in [0.2, 0.25) is 5.02 Å². The molecule has 0 aromatic heterocycles. The molecular formula is C17H17BrClNO. The highest BCUT2D eigenvalue weighted by Gasteiger charge is 2.28. The Bertz CT molecular complexity index is 674. The van der Waals surface area contributed by atoms with Crippen LogP contribution in [0.1, 0.15) is 35.3 Å². The molecule has 2 nitrogen and oxygen atoms in total. The summed E-state index contributed by atoms with van der Waals surface area (Å²) in [7, 11) is 1.97. The summed E-state index contributed by atoms with van der Waals surface area (Å²) in [5, 5.41) is 4.11. The van der Waals surface area contributed by atoms with Crippen molar-refractivity contribution in [1.82, 2.24) is 5.32 Å². The van der Waals surface area contributed by atoms with Gasteiger partial charge < -0.3 is 10.1 Å². The summed E-state index contributed by atoms with van der Waals surface area (Å²) in [6.07, 6.45) is 0.937.